The van der Waals surface area contributed by atoms with Gasteiger partial charge >= 0.3 is 0 Å². The first kappa shape index (κ1) is 18.2. The minimum absolute atomic E-state index is 0.0560. The third-order valence-corrected chi connectivity index (χ3v) is 4.20. The number of ether oxygens (including phenoxy) is 2. The number of hydrogen-bond donors (Lipinski definition) is 2. The highest BCUT2D eigenvalue weighted by molar-refractivity contribution is 7.92. The molecule has 0 saturated carbocycles. The Bertz CT molecular complexity index is 895. The summed E-state index contributed by atoms with van der Waals surface area (Å²) in [6, 6.07) is 9.58. The highest BCUT2D eigenvalue weighted by Gasteiger charge is 2.18. The number of rotatable bonds is 6. The van der Waals surface area contributed by atoms with Crippen molar-refractivity contribution in [3.8, 4) is 5.88 Å². The molecular weight excluding hydrogens is 358 g/mol. The van der Waals surface area contributed by atoms with Gasteiger partial charge in [0.25, 0.3) is 5.91 Å². The van der Waals surface area contributed by atoms with E-state index in [4.69, 9.17) is 9.47 Å². The molecule has 1 atom stereocenters. The average Bonchev–Trinajstić information content (AvgIpc) is 3.07. The number of nitrogens with zero attached hydrogens (tertiary/aromatic N) is 1. The highest BCUT2D eigenvalue weighted by Crippen LogP contribution is 2.19. The summed E-state index contributed by atoms with van der Waals surface area (Å²) in [6.07, 6.45) is 3.30. The molecule has 26 heavy (non-hydrogen) atoms. The molecule has 2 aromatic rings. The van der Waals surface area contributed by atoms with Crippen LogP contribution in [0, 0.1) is 0 Å². The van der Waals surface area contributed by atoms with E-state index in [2.05, 4.69) is 15.0 Å². The second-order valence-electron chi connectivity index (χ2n) is 5.90. The van der Waals surface area contributed by atoms with Gasteiger partial charge in [-0.2, -0.15) is 0 Å². The molecule has 1 fully saturated rings. The molecule has 138 valence electrons. The number of aromatic nitrogens is 1. The molecular formula is C17H19N3O5S. The number of pyridine rings is 1. The van der Waals surface area contributed by atoms with Gasteiger partial charge in [-0.3, -0.25) is 9.52 Å². The maximum atomic E-state index is 12.4. The van der Waals surface area contributed by atoms with E-state index >= 15 is 0 Å². The molecule has 0 aliphatic carbocycles. The van der Waals surface area contributed by atoms with Crippen LogP contribution in [0.1, 0.15) is 16.8 Å². The number of carbonyl (C=O) groups excluding carboxylic acids is 1. The van der Waals surface area contributed by atoms with Crippen LogP contribution < -0.4 is 14.8 Å². The van der Waals surface area contributed by atoms with Crippen LogP contribution in [0.3, 0.4) is 0 Å². The largest absolute Gasteiger partial charge is 0.472 e. The molecule has 0 radical (unpaired) electrons. The standard InChI is InChI=1S/C17H19N3O5S/c1-26(22,23)20-14-4-2-3-13(10-14)19-17(21)12-5-7-18-16(9-12)25-15-6-8-24-11-15/h2-5,7,9-10,15,20H,6,8,11H2,1H3,(H,19,21). The van der Waals surface area contributed by atoms with Gasteiger partial charge in [-0.1, -0.05) is 6.07 Å². The summed E-state index contributed by atoms with van der Waals surface area (Å²) in [5.74, 6) is 0.0112. The fourth-order valence-electron chi connectivity index (χ4n) is 2.47. The predicted octanol–water partition coefficient (Wildman–Crippen LogP) is 1.87. The highest BCUT2D eigenvalue weighted by atomic mass is 32.2. The number of sulfonamides is 1. The molecule has 2 heterocycles. The van der Waals surface area contributed by atoms with E-state index in [9.17, 15) is 13.2 Å². The van der Waals surface area contributed by atoms with E-state index in [1.165, 1.54) is 12.3 Å². The van der Waals surface area contributed by atoms with Crippen molar-refractivity contribution in [3.05, 3.63) is 48.2 Å². The van der Waals surface area contributed by atoms with Gasteiger partial charge in [-0.25, -0.2) is 13.4 Å². The van der Waals surface area contributed by atoms with Crippen LogP contribution in [-0.2, 0) is 14.8 Å². The molecule has 2 N–H and O–H groups in total. The Morgan fingerprint density at radius 1 is 1.27 bits per heavy atom. The van der Waals surface area contributed by atoms with Crippen LogP contribution in [0.2, 0.25) is 0 Å². The van der Waals surface area contributed by atoms with Crippen molar-refractivity contribution >= 4 is 27.3 Å². The van der Waals surface area contributed by atoms with Gasteiger partial charge in [0.05, 0.1) is 25.2 Å². The number of hydrogen-bond acceptors (Lipinski definition) is 6. The fraction of sp³-hybridized carbons (Fsp3) is 0.294. The van der Waals surface area contributed by atoms with Gasteiger partial charge in [-0.05, 0) is 24.3 Å². The first-order valence-electron chi connectivity index (χ1n) is 7.99. The first-order chi connectivity index (χ1) is 12.4. The SMILES string of the molecule is CS(=O)(=O)Nc1cccc(NC(=O)c2ccnc(OC3CCOC3)c2)c1. The van der Waals surface area contributed by atoms with Gasteiger partial charge in [0.2, 0.25) is 15.9 Å². The minimum Gasteiger partial charge on any atom is -0.472 e. The van der Waals surface area contributed by atoms with E-state index in [0.717, 1.165) is 12.7 Å². The van der Waals surface area contributed by atoms with Crippen LogP contribution in [0.15, 0.2) is 42.6 Å². The van der Waals surface area contributed by atoms with Crippen LogP contribution in [0.4, 0.5) is 11.4 Å². The van der Waals surface area contributed by atoms with Crippen LogP contribution in [0.25, 0.3) is 0 Å². The molecule has 8 nitrogen and oxygen atoms in total. The molecule has 0 spiro atoms. The van der Waals surface area contributed by atoms with E-state index in [-0.39, 0.29) is 12.0 Å². The number of benzene rings is 1. The molecule has 3 rings (SSSR count). The quantitative estimate of drug-likeness (QED) is 0.796. The van der Waals surface area contributed by atoms with E-state index in [1.54, 1.807) is 30.3 Å². The smallest absolute Gasteiger partial charge is 0.255 e. The lowest BCUT2D eigenvalue weighted by atomic mass is 10.2. The van der Waals surface area contributed by atoms with Crippen LogP contribution in [-0.4, -0.2) is 44.9 Å². The molecule has 9 heteroatoms. The lowest BCUT2D eigenvalue weighted by molar-refractivity contribution is 0.102. The number of anilines is 2. The third kappa shape index (κ3) is 5.17. The average molecular weight is 377 g/mol. The third-order valence-electron chi connectivity index (χ3n) is 3.60. The van der Waals surface area contributed by atoms with Crippen molar-refractivity contribution in [2.75, 3.05) is 29.5 Å². The number of nitrogens with one attached hydrogen (secondary N) is 2. The van der Waals surface area contributed by atoms with Crippen LogP contribution in [0.5, 0.6) is 5.88 Å². The predicted molar refractivity (Wildman–Crippen MR) is 97.0 cm³/mol. The van der Waals surface area contributed by atoms with Gasteiger partial charge < -0.3 is 14.8 Å². The summed E-state index contributed by atoms with van der Waals surface area (Å²) in [4.78, 5) is 16.6. The molecule has 0 bridgehead atoms. The molecule has 1 aromatic heterocycles. The summed E-state index contributed by atoms with van der Waals surface area (Å²) < 4.78 is 35.9. The maximum Gasteiger partial charge on any atom is 0.255 e. The van der Waals surface area contributed by atoms with E-state index in [1.807, 2.05) is 0 Å². The van der Waals surface area contributed by atoms with Crippen LogP contribution >= 0.6 is 0 Å². The summed E-state index contributed by atoms with van der Waals surface area (Å²) in [5.41, 5.74) is 1.22. The van der Waals surface area contributed by atoms with Gasteiger partial charge in [0.15, 0.2) is 0 Å². The summed E-state index contributed by atoms with van der Waals surface area (Å²) in [5, 5.41) is 2.72. The topological polar surface area (TPSA) is 107 Å². The number of amides is 1. The maximum absolute atomic E-state index is 12.4. The Kier molecular flexibility index (Phi) is 5.38. The van der Waals surface area contributed by atoms with E-state index < -0.39 is 10.0 Å². The Balaban J connectivity index is 1.69. The van der Waals surface area contributed by atoms with Crippen molar-refractivity contribution < 1.29 is 22.7 Å². The number of carbonyl (C=O) groups is 1. The Morgan fingerprint density at radius 3 is 2.81 bits per heavy atom. The minimum atomic E-state index is -3.39. The molecule has 1 aliphatic rings. The zero-order valence-electron chi connectivity index (χ0n) is 14.1. The van der Waals surface area contributed by atoms with Crippen molar-refractivity contribution in [1.29, 1.82) is 0 Å². The second-order valence-corrected chi connectivity index (χ2v) is 7.64. The molecule has 1 unspecified atom stereocenters. The van der Waals surface area contributed by atoms with Crippen molar-refractivity contribution in [2.24, 2.45) is 0 Å². The molecule has 1 saturated heterocycles. The Morgan fingerprint density at radius 2 is 2.08 bits per heavy atom. The Labute approximate surface area is 151 Å². The monoisotopic (exact) mass is 377 g/mol. The van der Waals surface area contributed by atoms with Crippen molar-refractivity contribution in [1.82, 2.24) is 4.98 Å². The van der Waals surface area contributed by atoms with Crippen molar-refractivity contribution in [2.45, 2.75) is 12.5 Å². The first-order valence-corrected chi connectivity index (χ1v) is 9.88. The van der Waals surface area contributed by atoms with Gasteiger partial charge in [0.1, 0.15) is 6.10 Å². The summed E-state index contributed by atoms with van der Waals surface area (Å²) in [7, 11) is -3.39. The van der Waals surface area contributed by atoms with Crippen molar-refractivity contribution in [3.63, 3.8) is 0 Å². The van der Waals surface area contributed by atoms with Gasteiger partial charge in [0, 0.05) is 29.9 Å². The zero-order chi connectivity index (χ0) is 18.6. The summed E-state index contributed by atoms with van der Waals surface area (Å²) >= 11 is 0. The zero-order valence-corrected chi connectivity index (χ0v) is 15.0. The van der Waals surface area contributed by atoms with Gasteiger partial charge in [-0.15, -0.1) is 0 Å². The Hall–Kier alpha value is -2.65. The molecule has 1 aromatic carbocycles. The normalized spacial score (nSPS) is 16.9. The fourth-order valence-corrected chi connectivity index (χ4v) is 3.02. The van der Waals surface area contributed by atoms with E-state index in [0.29, 0.717) is 36.0 Å². The molecule has 1 amide bonds. The summed E-state index contributed by atoms with van der Waals surface area (Å²) in [6.45, 7) is 1.17. The lowest BCUT2D eigenvalue weighted by Crippen LogP contribution is -2.17. The second kappa shape index (κ2) is 7.71. The lowest BCUT2D eigenvalue weighted by Gasteiger charge is -2.12. The molecule has 1 aliphatic heterocycles.